The third-order valence-electron chi connectivity index (χ3n) is 3.18. The van der Waals surface area contributed by atoms with Gasteiger partial charge in [-0.2, -0.15) is 0 Å². The van der Waals surface area contributed by atoms with Crippen LogP contribution in [0.15, 0.2) is 34.9 Å². The number of benzene rings is 1. The minimum Gasteiger partial charge on any atom is -0.361 e. The molecule has 0 saturated heterocycles. The molecule has 0 aliphatic carbocycles. The van der Waals surface area contributed by atoms with Gasteiger partial charge in [0.2, 0.25) is 0 Å². The van der Waals surface area contributed by atoms with Gasteiger partial charge in [0, 0.05) is 0 Å². The predicted octanol–water partition coefficient (Wildman–Crippen LogP) is 3.17. The lowest BCUT2D eigenvalue weighted by Crippen LogP contribution is -2.28. The third-order valence-corrected chi connectivity index (χ3v) is 3.18. The largest absolute Gasteiger partial charge is 0.361 e. The number of amides is 1. The number of aryl methyl sites for hydroxylation is 2. The van der Waals surface area contributed by atoms with Crippen molar-refractivity contribution in [2.45, 2.75) is 33.2 Å². The highest BCUT2D eigenvalue weighted by atomic mass is 16.5. The molecule has 1 heterocycles. The van der Waals surface area contributed by atoms with E-state index in [0.29, 0.717) is 17.0 Å². The predicted molar refractivity (Wildman–Crippen MR) is 72.9 cm³/mol. The van der Waals surface area contributed by atoms with Crippen molar-refractivity contribution >= 4 is 5.91 Å². The van der Waals surface area contributed by atoms with Gasteiger partial charge >= 0.3 is 0 Å². The van der Waals surface area contributed by atoms with Gasteiger partial charge in [0.1, 0.15) is 11.3 Å². The van der Waals surface area contributed by atoms with Crippen molar-refractivity contribution in [1.29, 1.82) is 0 Å². The maximum Gasteiger partial charge on any atom is 0.257 e. The summed E-state index contributed by atoms with van der Waals surface area (Å²) < 4.78 is 5.03. The molecule has 1 aromatic carbocycles. The van der Waals surface area contributed by atoms with Gasteiger partial charge in [0.15, 0.2) is 0 Å². The molecule has 4 heteroatoms. The van der Waals surface area contributed by atoms with Crippen LogP contribution in [0.3, 0.4) is 0 Å². The first-order chi connectivity index (χ1) is 9.13. The van der Waals surface area contributed by atoms with Gasteiger partial charge in [-0.1, -0.05) is 42.4 Å². The second-order valence-corrected chi connectivity index (χ2v) is 4.54. The normalized spacial score (nSPS) is 12.2. The highest BCUT2D eigenvalue weighted by Gasteiger charge is 2.20. The van der Waals surface area contributed by atoms with Crippen molar-refractivity contribution < 1.29 is 9.32 Å². The number of aromatic nitrogens is 1. The molecule has 2 aromatic rings. The van der Waals surface area contributed by atoms with Crippen LogP contribution in [-0.4, -0.2) is 11.1 Å². The molecule has 0 unspecified atom stereocenters. The molecular formula is C15H18N2O2. The van der Waals surface area contributed by atoms with Gasteiger partial charge < -0.3 is 9.84 Å². The molecule has 19 heavy (non-hydrogen) atoms. The summed E-state index contributed by atoms with van der Waals surface area (Å²) in [6.45, 7) is 5.57. The Morgan fingerprint density at radius 1 is 1.32 bits per heavy atom. The standard InChI is InChI=1S/C15H18N2O2/c1-4-13(12-8-6-5-7-9-12)16-15(18)14-10(2)17-19-11(14)3/h5-9,13H,4H2,1-3H3,(H,16,18)/t13-/m0/s1. The fourth-order valence-electron chi connectivity index (χ4n) is 2.14. The molecule has 1 atom stereocenters. The summed E-state index contributed by atoms with van der Waals surface area (Å²) in [4.78, 5) is 12.3. The van der Waals surface area contributed by atoms with E-state index in [2.05, 4.69) is 10.5 Å². The van der Waals surface area contributed by atoms with Crippen molar-refractivity contribution in [3.8, 4) is 0 Å². The number of hydrogen-bond acceptors (Lipinski definition) is 3. The number of hydrogen-bond donors (Lipinski definition) is 1. The van der Waals surface area contributed by atoms with Crippen molar-refractivity contribution in [2.75, 3.05) is 0 Å². The minimum absolute atomic E-state index is 0.00222. The van der Waals surface area contributed by atoms with Crippen LogP contribution in [0.1, 0.15) is 46.8 Å². The molecule has 0 radical (unpaired) electrons. The van der Waals surface area contributed by atoms with E-state index in [4.69, 9.17) is 4.52 Å². The molecule has 1 aromatic heterocycles. The summed E-state index contributed by atoms with van der Waals surface area (Å²) in [6, 6.07) is 9.94. The van der Waals surface area contributed by atoms with Crippen LogP contribution in [0.5, 0.6) is 0 Å². The van der Waals surface area contributed by atoms with E-state index < -0.39 is 0 Å². The van der Waals surface area contributed by atoms with Crippen LogP contribution in [0.2, 0.25) is 0 Å². The van der Waals surface area contributed by atoms with Gasteiger partial charge in [-0.15, -0.1) is 0 Å². The van der Waals surface area contributed by atoms with E-state index in [1.54, 1.807) is 13.8 Å². The van der Waals surface area contributed by atoms with E-state index in [9.17, 15) is 4.79 Å². The smallest absolute Gasteiger partial charge is 0.257 e. The van der Waals surface area contributed by atoms with Crippen molar-refractivity contribution in [3.05, 3.63) is 52.9 Å². The van der Waals surface area contributed by atoms with Crippen molar-refractivity contribution in [2.24, 2.45) is 0 Å². The van der Waals surface area contributed by atoms with Crippen LogP contribution in [0.4, 0.5) is 0 Å². The zero-order valence-electron chi connectivity index (χ0n) is 11.4. The highest BCUT2D eigenvalue weighted by molar-refractivity contribution is 5.96. The van der Waals surface area contributed by atoms with Gasteiger partial charge in [-0.25, -0.2) is 0 Å². The van der Waals surface area contributed by atoms with Crippen LogP contribution in [0.25, 0.3) is 0 Å². The van der Waals surface area contributed by atoms with Gasteiger partial charge in [-0.3, -0.25) is 4.79 Å². The Kier molecular flexibility index (Phi) is 4.00. The summed E-state index contributed by atoms with van der Waals surface area (Å²) in [5.74, 6) is 0.421. The number of carbonyl (C=O) groups is 1. The number of rotatable bonds is 4. The zero-order chi connectivity index (χ0) is 13.8. The van der Waals surface area contributed by atoms with Gasteiger partial charge in [0.25, 0.3) is 5.91 Å². The van der Waals surface area contributed by atoms with E-state index in [-0.39, 0.29) is 11.9 Å². The fourth-order valence-corrected chi connectivity index (χ4v) is 2.14. The maximum atomic E-state index is 12.3. The van der Waals surface area contributed by atoms with Crippen LogP contribution < -0.4 is 5.32 Å². The molecule has 1 amide bonds. The van der Waals surface area contributed by atoms with Crippen LogP contribution >= 0.6 is 0 Å². The van der Waals surface area contributed by atoms with E-state index >= 15 is 0 Å². The molecule has 0 fully saturated rings. The first-order valence-electron chi connectivity index (χ1n) is 6.42. The van der Waals surface area contributed by atoms with Crippen LogP contribution in [0, 0.1) is 13.8 Å². The molecule has 4 nitrogen and oxygen atoms in total. The fraction of sp³-hybridized carbons (Fsp3) is 0.333. The lowest BCUT2D eigenvalue weighted by Gasteiger charge is -2.17. The van der Waals surface area contributed by atoms with E-state index in [1.165, 1.54) is 0 Å². The Labute approximate surface area is 112 Å². The number of nitrogens with zero attached hydrogens (tertiary/aromatic N) is 1. The summed E-state index contributed by atoms with van der Waals surface area (Å²) >= 11 is 0. The minimum atomic E-state index is -0.132. The van der Waals surface area contributed by atoms with Gasteiger partial charge in [-0.05, 0) is 25.8 Å². The summed E-state index contributed by atoms with van der Waals surface area (Å²) in [5.41, 5.74) is 2.26. The van der Waals surface area contributed by atoms with Crippen molar-refractivity contribution in [3.63, 3.8) is 0 Å². The Hall–Kier alpha value is -2.10. The maximum absolute atomic E-state index is 12.3. The topological polar surface area (TPSA) is 55.1 Å². The van der Waals surface area contributed by atoms with Crippen LogP contribution in [-0.2, 0) is 0 Å². The monoisotopic (exact) mass is 258 g/mol. The zero-order valence-corrected chi connectivity index (χ0v) is 11.4. The average Bonchev–Trinajstić information content (AvgIpc) is 2.76. The van der Waals surface area contributed by atoms with E-state index in [0.717, 1.165) is 12.0 Å². The summed E-state index contributed by atoms with van der Waals surface area (Å²) in [6.07, 6.45) is 0.832. The quantitative estimate of drug-likeness (QED) is 0.916. The molecule has 0 aliphatic rings. The molecule has 0 spiro atoms. The highest BCUT2D eigenvalue weighted by Crippen LogP contribution is 2.18. The number of carbonyl (C=O) groups excluding carboxylic acids is 1. The third kappa shape index (κ3) is 2.84. The van der Waals surface area contributed by atoms with Gasteiger partial charge in [0.05, 0.1) is 11.7 Å². The second-order valence-electron chi connectivity index (χ2n) is 4.54. The summed E-state index contributed by atoms with van der Waals surface area (Å²) in [7, 11) is 0. The SMILES string of the molecule is CC[C@H](NC(=O)c1c(C)noc1C)c1ccccc1. The number of nitrogens with one attached hydrogen (secondary N) is 1. The lowest BCUT2D eigenvalue weighted by atomic mass is 10.0. The molecule has 0 aliphatic heterocycles. The second kappa shape index (κ2) is 5.69. The average molecular weight is 258 g/mol. The Bertz CT molecular complexity index is 541. The first kappa shape index (κ1) is 13.3. The molecule has 0 saturated carbocycles. The summed E-state index contributed by atoms with van der Waals surface area (Å²) in [5, 5.41) is 6.84. The first-order valence-corrected chi connectivity index (χ1v) is 6.42. The molecule has 100 valence electrons. The molecule has 0 bridgehead atoms. The Balaban J connectivity index is 2.18. The van der Waals surface area contributed by atoms with Crippen molar-refractivity contribution in [1.82, 2.24) is 10.5 Å². The van der Waals surface area contributed by atoms with E-state index in [1.807, 2.05) is 37.3 Å². The lowest BCUT2D eigenvalue weighted by molar-refractivity contribution is 0.0933. The molecule has 1 N–H and O–H groups in total. The Morgan fingerprint density at radius 3 is 2.53 bits per heavy atom. The molecular weight excluding hydrogens is 240 g/mol. The molecule has 2 rings (SSSR count). The Morgan fingerprint density at radius 2 is 2.00 bits per heavy atom.